The van der Waals surface area contributed by atoms with Crippen LogP contribution < -0.4 is 17.0 Å². The largest absolute Gasteiger partial charge is 0.476 e. The number of alkyl halides is 3. The maximum absolute atomic E-state index is 13.6. The quantitative estimate of drug-likeness (QED) is 0.456. The standard InChI is InChI=1S/C23H17F3N4O6/c1-28-16-9-8-11(10-17(16)36-22(28)35)30-21(34)29(19(31)18(27-30)20(32)33)15-7-3-4-12-13(15)5-2-6-14(12)23(24,25)26/h2,5-6,8-10,15H,3-4,7H2,1H3,(H,32,33). The predicted octanol–water partition coefficient (Wildman–Crippen LogP) is 2.48. The van der Waals surface area contributed by atoms with E-state index in [1.165, 1.54) is 41.9 Å². The number of hydrogen-bond donors (Lipinski definition) is 1. The number of aryl methyl sites for hydroxylation is 1. The molecule has 10 nitrogen and oxygen atoms in total. The molecular weight excluding hydrogens is 485 g/mol. The minimum absolute atomic E-state index is 0.00169. The number of fused-ring (bicyclic) bond motifs is 2. The van der Waals surface area contributed by atoms with Gasteiger partial charge in [0.05, 0.1) is 22.8 Å². The summed E-state index contributed by atoms with van der Waals surface area (Å²) < 4.78 is 48.5. The molecule has 1 unspecified atom stereocenters. The molecule has 186 valence electrons. The number of oxazole rings is 1. The Morgan fingerprint density at radius 2 is 1.92 bits per heavy atom. The second-order valence-corrected chi connectivity index (χ2v) is 8.38. The summed E-state index contributed by atoms with van der Waals surface area (Å²) in [5.41, 5.74) is -3.57. The van der Waals surface area contributed by atoms with E-state index in [0.29, 0.717) is 14.8 Å². The lowest BCUT2D eigenvalue weighted by atomic mass is 9.84. The fraction of sp³-hybridized carbons (Fsp3) is 0.261. The van der Waals surface area contributed by atoms with Crippen LogP contribution in [0.3, 0.4) is 0 Å². The third kappa shape index (κ3) is 3.54. The van der Waals surface area contributed by atoms with E-state index in [2.05, 4.69) is 5.10 Å². The van der Waals surface area contributed by atoms with Gasteiger partial charge in [-0.05, 0) is 48.6 Å². The molecule has 2 aromatic heterocycles. The lowest BCUT2D eigenvalue weighted by Gasteiger charge is -2.29. The fourth-order valence-electron chi connectivity index (χ4n) is 4.68. The van der Waals surface area contributed by atoms with Crippen molar-refractivity contribution >= 4 is 17.1 Å². The van der Waals surface area contributed by atoms with Crippen molar-refractivity contribution in [3.05, 3.63) is 90.2 Å². The van der Waals surface area contributed by atoms with Crippen molar-refractivity contribution in [3.63, 3.8) is 0 Å². The first-order valence-electron chi connectivity index (χ1n) is 10.8. The highest BCUT2D eigenvalue weighted by atomic mass is 19.4. The van der Waals surface area contributed by atoms with Gasteiger partial charge in [0.2, 0.25) is 5.69 Å². The Morgan fingerprint density at radius 3 is 2.61 bits per heavy atom. The SMILES string of the molecule is Cn1c(=O)oc2cc(-n3nc(C(=O)O)c(=O)n(C4CCCc5c4cccc5C(F)(F)F)c3=O)ccc21. The van der Waals surface area contributed by atoms with Crippen LogP contribution in [0.1, 0.15) is 46.1 Å². The summed E-state index contributed by atoms with van der Waals surface area (Å²) in [5, 5.41) is 13.3. The van der Waals surface area contributed by atoms with Crippen LogP contribution in [0.25, 0.3) is 16.8 Å². The van der Waals surface area contributed by atoms with Gasteiger partial charge in [-0.2, -0.15) is 23.0 Å². The Morgan fingerprint density at radius 1 is 1.17 bits per heavy atom. The number of rotatable bonds is 3. The molecule has 1 aliphatic rings. The Kier molecular flexibility index (Phi) is 5.23. The van der Waals surface area contributed by atoms with Crippen LogP contribution in [0.2, 0.25) is 0 Å². The van der Waals surface area contributed by atoms with E-state index in [4.69, 9.17) is 4.42 Å². The third-order valence-corrected chi connectivity index (χ3v) is 6.32. The van der Waals surface area contributed by atoms with Crippen LogP contribution in [0, 0.1) is 0 Å². The van der Waals surface area contributed by atoms with Gasteiger partial charge in [-0.1, -0.05) is 12.1 Å². The number of nitrogens with zero attached hydrogens (tertiary/aromatic N) is 4. The molecular formula is C23H17F3N4O6. The van der Waals surface area contributed by atoms with Crippen LogP contribution in [-0.4, -0.2) is 30.0 Å². The van der Waals surface area contributed by atoms with E-state index in [1.807, 2.05) is 0 Å². The Labute approximate surface area is 198 Å². The molecule has 0 fully saturated rings. The first-order valence-corrected chi connectivity index (χ1v) is 10.8. The van der Waals surface area contributed by atoms with Crippen molar-refractivity contribution < 1.29 is 27.5 Å². The van der Waals surface area contributed by atoms with E-state index in [9.17, 15) is 37.5 Å². The lowest BCUT2D eigenvalue weighted by molar-refractivity contribution is -0.138. The van der Waals surface area contributed by atoms with Crippen LogP contribution >= 0.6 is 0 Å². The summed E-state index contributed by atoms with van der Waals surface area (Å²) >= 11 is 0. The maximum Gasteiger partial charge on any atom is 0.419 e. The second kappa shape index (κ2) is 8.07. The van der Waals surface area contributed by atoms with Crippen molar-refractivity contribution in [1.29, 1.82) is 0 Å². The van der Waals surface area contributed by atoms with E-state index < -0.39 is 46.4 Å². The summed E-state index contributed by atoms with van der Waals surface area (Å²) in [5.74, 6) is -2.38. The molecule has 36 heavy (non-hydrogen) atoms. The van der Waals surface area contributed by atoms with Crippen molar-refractivity contribution in [1.82, 2.24) is 18.9 Å². The van der Waals surface area contributed by atoms with Crippen molar-refractivity contribution in [3.8, 4) is 5.69 Å². The van der Waals surface area contributed by atoms with Gasteiger partial charge in [0.25, 0.3) is 5.56 Å². The average molecular weight is 502 g/mol. The molecule has 0 amide bonds. The zero-order chi connectivity index (χ0) is 25.9. The van der Waals surface area contributed by atoms with E-state index in [-0.39, 0.29) is 41.7 Å². The van der Waals surface area contributed by atoms with Gasteiger partial charge >= 0.3 is 23.6 Å². The van der Waals surface area contributed by atoms with Gasteiger partial charge in [-0.15, -0.1) is 0 Å². The molecule has 13 heteroatoms. The second-order valence-electron chi connectivity index (χ2n) is 8.38. The number of carboxylic acid groups (broad SMARTS) is 1. The molecule has 0 aliphatic heterocycles. The summed E-state index contributed by atoms with van der Waals surface area (Å²) in [6.07, 6.45) is -4.18. The number of halogens is 3. The molecule has 5 rings (SSSR count). The highest BCUT2D eigenvalue weighted by Gasteiger charge is 2.37. The Balaban J connectivity index is 1.78. The fourth-order valence-corrected chi connectivity index (χ4v) is 4.68. The normalized spacial score (nSPS) is 15.7. The molecule has 0 spiro atoms. The highest BCUT2D eigenvalue weighted by molar-refractivity contribution is 5.84. The third-order valence-electron chi connectivity index (χ3n) is 6.32. The molecule has 1 N–H and O–H groups in total. The van der Waals surface area contributed by atoms with Crippen LogP contribution in [0.4, 0.5) is 13.2 Å². The predicted molar refractivity (Wildman–Crippen MR) is 119 cm³/mol. The minimum atomic E-state index is -4.64. The van der Waals surface area contributed by atoms with E-state index >= 15 is 0 Å². The average Bonchev–Trinajstić information content (AvgIpc) is 3.10. The first-order chi connectivity index (χ1) is 17.0. The smallest absolute Gasteiger partial charge is 0.419 e. The van der Waals surface area contributed by atoms with Gasteiger partial charge in [0.15, 0.2) is 5.58 Å². The Hall–Kier alpha value is -4.42. The first kappa shape index (κ1) is 23.3. The van der Waals surface area contributed by atoms with E-state index in [1.54, 1.807) is 0 Å². The Bertz CT molecular complexity index is 1730. The van der Waals surface area contributed by atoms with E-state index in [0.717, 1.165) is 6.07 Å². The van der Waals surface area contributed by atoms with Crippen LogP contribution in [0.5, 0.6) is 0 Å². The summed E-state index contributed by atoms with van der Waals surface area (Å²) in [4.78, 5) is 50.3. The molecule has 0 bridgehead atoms. The number of carboxylic acids is 1. The molecule has 1 atom stereocenters. The molecule has 0 saturated carbocycles. The number of aromatic carboxylic acids is 1. The van der Waals surface area contributed by atoms with Gasteiger partial charge in [0.1, 0.15) is 0 Å². The van der Waals surface area contributed by atoms with Crippen molar-refractivity contribution in [2.45, 2.75) is 31.5 Å². The topological polar surface area (TPSA) is 129 Å². The van der Waals surface area contributed by atoms with Gasteiger partial charge in [-0.3, -0.25) is 9.36 Å². The minimum Gasteiger partial charge on any atom is -0.476 e. The van der Waals surface area contributed by atoms with Crippen molar-refractivity contribution in [2.75, 3.05) is 0 Å². The summed E-state index contributed by atoms with van der Waals surface area (Å²) in [7, 11) is 1.47. The lowest BCUT2D eigenvalue weighted by Crippen LogP contribution is -2.46. The van der Waals surface area contributed by atoms with Crippen LogP contribution in [0.15, 0.2) is 55.2 Å². The molecule has 0 radical (unpaired) electrons. The van der Waals surface area contributed by atoms with Gasteiger partial charge < -0.3 is 9.52 Å². The molecule has 2 aromatic carbocycles. The highest BCUT2D eigenvalue weighted by Crippen LogP contribution is 2.40. The zero-order valence-electron chi connectivity index (χ0n) is 18.6. The van der Waals surface area contributed by atoms with Crippen LogP contribution in [-0.2, 0) is 19.6 Å². The number of hydrogen-bond acceptors (Lipinski definition) is 6. The zero-order valence-corrected chi connectivity index (χ0v) is 18.6. The van der Waals surface area contributed by atoms with Gasteiger partial charge in [-0.25, -0.2) is 19.0 Å². The molecule has 2 heterocycles. The number of benzene rings is 2. The molecule has 4 aromatic rings. The molecule has 1 aliphatic carbocycles. The van der Waals surface area contributed by atoms with Crippen molar-refractivity contribution in [2.24, 2.45) is 7.05 Å². The molecule has 0 saturated heterocycles. The summed E-state index contributed by atoms with van der Waals surface area (Å²) in [6, 6.07) is 6.49. The van der Waals surface area contributed by atoms with Gasteiger partial charge in [0, 0.05) is 13.1 Å². The maximum atomic E-state index is 13.6. The number of carbonyl (C=O) groups is 1. The summed E-state index contributed by atoms with van der Waals surface area (Å²) in [6.45, 7) is 0. The number of aromatic nitrogens is 4. The monoisotopic (exact) mass is 502 g/mol.